The first-order valence-electron chi connectivity index (χ1n) is 6.01. The van der Waals surface area contributed by atoms with Crippen LogP contribution >= 0.6 is 11.6 Å². The Balaban J connectivity index is 2.35. The smallest absolute Gasteiger partial charge is 0.255 e. The summed E-state index contributed by atoms with van der Waals surface area (Å²) in [6, 6.07) is 3.93. The molecular weight excluding hydrogens is 288 g/mol. The van der Waals surface area contributed by atoms with E-state index in [1.807, 2.05) is 0 Å². The molecule has 2 rings (SSSR count). The molecule has 1 aliphatic rings. The van der Waals surface area contributed by atoms with E-state index in [4.69, 9.17) is 16.7 Å². The van der Waals surface area contributed by atoms with Crippen molar-refractivity contribution >= 4 is 27.5 Å². The zero-order valence-electron chi connectivity index (χ0n) is 10.3. The molecule has 5 nitrogen and oxygen atoms in total. The summed E-state index contributed by atoms with van der Waals surface area (Å²) in [6.07, 6.45) is 3.02. The number of benzene rings is 1. The molecule has 0 aromatic heterocycles. The Morgan fingerprint density at radius 3 is 2.42 bits per heavy atom. The number of carbonyl (C=O) groups excluding carboxylic acids is 1. The van der Waals surface area contributed by atoms with Gasteiger partial charge in [0.2, 0.25) is 10.0 Å². The van der Waals surface area contributed by atoms with E-state index < -0.39 is 10.0 Å². The number of halogens is 1. The lowest BCUT2D eigenvalue weighted by Crippen LogP contribution is -2.35. The molecule has 0 aliphatic carbocycles. The van der Waals surface area contributed by atoms with Gasteiger partial charge < -0.3 is 4.90 Å². The van der Waals surface area contributed by atoms with Crippen LogP contribution in [0.15, 0.2) is 23.1 Å². The van der Waals surface area contributed by atoms with Crippen LogP contribution in [0.4, 0.5) is 0 Å². The van der Waals surface area contributed by atoms with Crippen molar-refractivity contribution in [2.24, 2.45) is 5.14 Å². The molecule has 1 saturated heterocycles. The fraction of sp³-hybridized carbons (Fsp3) is 0.417. The van der Waals surface area contributed by atoms with E-state index in [0.29, 0.717) is 13.1 Å². The third kappa shape index (κ3) is 3.26. The second kappa shape index (κ2) is 5.48. The minimum absolute atomic E-state index is 0.0998. The van der Waals surface area contributed by atoms with Crippen molar-refractivity contribution in [1.82, 2.24) is 4.90 Å². The largest absolute Gasteiger partial charge is 0.339 e. The maximum absolute atomic E-state index is 12.3. The van der Waals surface area contributed by atoms with Crippen molar-refractivity contribution in [3.05, 3.63) is 28.8 Å². The summed E-state index contributed by atoms with van der Waals surface area (Å²) in [7, 11) is -3.84. The number of primary sulfonamides is 1. The Bertz CT molecular complexity index is 595. The van der Waals surface area contributed by atoms with Gasteiger partial charge in [-0.1, -0.05) is 11.6 Å². The Kier molecular flexibility index (Phi) is 4.13. The molecule has 0 spiro atoms. The van der Waals surface area contributed by atoms with Crippen LogP contribution < -0.4 is 5.14 Å². The molecule has 1 aliphatic heterocycles. The van der Waals surface area contributed by atoms with Crippen LogP contribution in [0.5, 0.6) is 0 Å². The van der Waals surface area contributed by atoms with E-state index in [1.165, 1.54) is 18.2 Å². The third-order valence-electron chi connectivity index (χ3n) is 3.14. The zero-order valence-corrected chi connectivity index (χ0v) is 11.9. The van der Waals surface area contributed by atoms with Crippen LogP contribution in [0.2, 0.25) is 5.02 Å². The van der Waals surface area contributed by atoms with Gasteiger partial charge in [-0.15, -0.1) is 0 Å². The first-order valence-corrected chi connectivity index (χ1v) is 7.93. The first-order chi connectivity index (χ1) is 8.89. The molecule has 0 atom stereocenters. The molecular formula is C12H15ClN2O3S. The molecule has 2 N–H and O–H groups in total. The monoisotopic (exact) mass is 302 g/mol. The van der Waals surface area contributed by atoms with Gasteiger partial charge in [-0.3, -0.25) is 4.79 Å². The quantitative estimate of drug-likeness (QED) is 0.901. The van der Waals surface area contributed by atoms with Crippen LogP contribution in [0.3, 0.4) is 0 Å². The highest BCUT2D eigenvalue weighted by Gasteiger charge is 2.22. The van der Waals surface area contributed by atoms with Crippen LogP contribution in [0, 0.1) is 0 Å². The van der Waals surface area contributed by atoms with Gasteiger partial charge in [0.15, 0.2) is 0 Å². The van der Waals surface area contributed by atoms with E-state index in [9.17, 15) is 13.2 Å². The zero-order chi connectivity index (χ0) is 14.0. The molecule has 7 heteroatoms. The summed E-state index contributed by atoms with van der Waals surface area (Å²) in [5, 5.41) is 5.30. The minimum atomic E-state index is -3.84. The SMILES string of the molecule is NS(=O)(=O)c1ccc(Cl)c(C(=O)N2CCCCC2)c1. The number of likely N-dealkylation sites (tertiary alicyclic amines) is 1. The summed E-state index contributed by atoms with van der Waals surface area (Å²) in [5.41, 5.74) is 0.190. The highest BCUT2D eigenvalue weighted by molar-refractivity contribution is 7.89. The number of nitrogens with two attached hydrogens (primary N) is 1. The summed E-state index contributed by atoms with van der Waals surface area (Å²) in [4.78, 5) is 13.9. The molecule has 0 unspecified atom stereocenters. The molecule has 1 aromatic carbocycles. The number of sulfonamides is 1. The number of piperidine rings is 1. The number of rotatable bonds is 2. The number of nitrogens with zero attached hydrogens (tertiary/aromatic N) is 1. The molecule has 1 amide bonds. The van der Waals surface area contributed by atoms with E-state index in [2.05, 4.69) is 0 Å². The van der Waals surface area contributed by atoms with E-state index in [0.717, 1.165) is 19.3 Å². The molecule has 1 heterocycles. The molecule has 104 valence electrons. The number of amides is 1. The van der Waals surface area contributed by atoms with E-state index >= 15 is 0 Å². The van der Waals surface area contributed by atoms with Crippen molar-refractivity contribution < 1.29 is 13.2 Å². The van der Waals surface area contributed by atoms with Crippen LogP contribution in [-0.4, -0.2) is 32.3 Å². The minimum Gasteiger partial charge on any atom is -0.339 e. The summed E-state index contributed by atoms with van der Waals surface area (Å²) < 4.78 is 22.6. The average Bonchev–Trinajstić information content (AvgIpc) is 2.38. The van der Waals surface area contributed by atoms with Crippen LogP contribution in [0.25, 0.3) is 0 Å². The Morgan fingerprint density at radius 2 is 1.84 bits per heavy atom. The van der Waals surface area contributed by atoms with E-state index in [1.54, 1.807) is 4.90 Å². The fourth-order valence-corrected chi connectivity index (χ4v) is 2.85. The van der Waals surface area contributed by atoms with Gasteiger partial charge in [0.05, 0.1) is 15.5 Å². The lowest BCUT2D eigenvalue weighted by atomic mass is 10.1. The normalized spacial score (nSPS) is 16.4. The summed E-state index contributed by atoms with van der Waals surface area (Å²) in [5.74, 6) is -0.241. The Hall–Kier alpha value is -1.11. The van der Waals surface area contributed by atoms with Crippen molar-refractivity contribution in [2.75, 3.05) is 13.1 Å². The summed E-state index contributed by atoms with van der Waals surface area (Å²) >= 11 is 5.98. The molecule has 0 radical (unpaired) electrons. The fourth-order valence-electron chi connectivity index (χ4n) is 2.11. The molecule has 0 saturated carbocycles. The summed E-state index contributed by atoms with van der Waals surface area (Å²) in [6.45, 7) is 1.35. The molecule has 1 fully saturated rings. The molecule has 0 bridgehead atoms. The maximum Gasteiger partial charge on any atom is 0.255 e. The number of hydrogen-bond donors (Lipinski definition) is 1. The van der Waals surface area contributed by atoms with Gasteiger partial charge in [-0.2, -0.15) is 0 Å². The predicted octanol–water partition coefficient (Wildman–Crippen LogP) is 1.61. The number of carbonyl (C=O) groups is 1. The topological polar surface area (TPSA) is 80.5 Å². The standard InChI is InChI=1S/C12H15ClN2O3S/c13-11-5-4-9(19(14,17)18)8-10(11)12(16)15-6-2-1-3-7-15/h4-5,8H,1-3,6-7H2,(H2,14,17,18). The van der Waals surface area contributed by atoms with Gasteiger partial charge in [-0.05, 0) is 37.5 Å². The Morgan fingerprint density at radius 1 is 1.21 bits per heavy atom. The van der Waals surface area contributed by atoms with E-state index in [-0.39, 0.29) is 21.4 Å². The van der Waals surface area contributed by atoms with Gasteiger partial charge in [0, 0.05) is 13.1 Å². The van der Waals surface area contributed by atoms with Gasteiger partial charge >= 0.3 is 0 Å². The first kappa shape index (κ1) is 14.3. The predicted molar refractivity (Wildman–Crippen MR) is 72.6 cm³/mol. The van der Waals surface area contributed by atoms with Crippen molar-refractivity contribution in [3.63, 3.8) is 0 Å². The highest BCUT2D eigenvalue weighted by atomic mass is 35.5. The molecule has 1 aromatic rings. The second-order valence-electron chi connectivity index (χ2n) is 4.54. The third-order valence-corrected chi connectivity index (χ3v) is 4.38. The second-order valence-corrected chi connectivity index (χ2v) is 6.51. The lowest BCUT2D eigenvalue weighted by molar-refractivity contribution is 0.0724. The van der Waals surface area contributed by atoms with Crippen molar-refractivity contribution in [1.29, 1.82) is 0 Å². The van der Waals surface area contributed by atoms with Crippen LogP contribution in [0.1, 0.15) is 29.6 Å². The van der Waals surface area contributed by atoms with Gasteiger partial charge in [0.25, 0.3) is 5.91 Å². The van der Waals surface area contributed by atoms with Crippen molar-refractivity contribution in [3.8, 4) is 0 Å². The van der Waals surface area contributed by atoms with Crippen molar-refractivity contribution in [2.45, 2.75) is 24.2 Å². The maximum atomic E-state index is 12.3. The molecule has 19 heavy (non-hydrogen) atoms. The lowest BCUT2D eigenvalue weighted by Gasteiger charge is -2.27. The average molecular weight is 303 g/mol. The van der Waals surface area contributed by atoms with Gasteiger partial charge in [-0.25, -0.2) is 13.6 Å². The van der Waals surface area contributed by atoms with Gasteiger partial charge in [0.1, 0.15) is 0 Å². The number of hydrogen-bond acceptors (Lipinski definition) is 3. The highest BCUT2D eigenvalue weighted by Crippen LogP contribution is 2.23. The Labute approximate surface area is 117 Å². The van der Waals surface area contributed by atoms with Crippen LogP contribution in [-0.2, 0) is 10.0 Å².